The first-order chi connectivity index (χ1) is 8.16. The van der Waals surface area contributed by atoms with E-state index < -0.39 is 0 Å². The summed E-state index contributed by atoms with van der Waals surface area (Å²) in [5.74, 6) is 1.40. The minimum Gasteiger partial charge on any atom is -0.327 e. The third-order valence-corrected chi connectivity index (χ3v) is 3.66. The molecule has 2 aromatic rings. The van der Waals surface area contributed by atoms with Gasteiger partial charge < -0.3 is 5.73 Å². The lowest BCUT2D eigenvalue weighted by Crippen LogP contribution is -2.17. The Labute approximate surface area is 104 Å². The molecule has 0 saturated carbocycles. The summed E-state index contributed by atoms with van der Waals surface area (Å²) in [4.78, 5) is 4.31. The minimum atomic E-state index is -0.207. The van der Waals surface area contributed by atoms with E-state index in [1.165, 1.54) is 6.07 Å². The molecule has 1 unspecified atom stereocenters. The van der Waals surface area contributed by atoms with Gasteiger partial charge in [-0.15, -0.1) is 0 Å². The summed E-state index contributed by atoms with van der Waals surface area (Å²) in [5, 5.41) is 0.851. The van der Waals surface area contributed by atoms with Gasteiger partial charge in [0.2, 0.25) is 0 Å². The maximum absolute atomic E-state index is 13.4. The van der Waals surface area contributed by atoms with Crippen molar-refractivity contribution in [2.45, 2.75) is 18.7 Å². The zero-order valence-electron chi connectivity index (χ0n) is 9.69. The van der Waals surface area contributed by atoms with Crippen LogP contribution in [0.4, 0.5) is 4.39 Å². The Morgan fingerprint density at radius 2 is 2.29 bits per heavy atom. The molecule has 4 heteroatoms. The second-order valence-electron chi connectivity index (χ2n) is 4.13. The maximum atomic E-state index is 13.4. The van der Waals surface area contributed by atoms with Gasteiger partial charge in [-0.05, 0) is 30.7 Å². The number of benzene rings is 1. The van der Waals surface area contributed by atoms with Crippen LogP contribution >= 0.6 is 11.8 Å². The third kappa shape index (κ3) is 3.17. The molecule has 1 aromatic carbocycles. The summed E-state index contributed by atoms with van der Waals surface area (Å²) < 4.78 is 13.4. The van der Waals surface area contributed by atoms with E-state index in [-0.39, 0.29) is 11.9 Å². The second kappa shape index (κ2) is 5.47. The summed E-state index contributed by atoms with van der Waals surface area (Å²) in [6.07, 6.45) is 1.74. The Kier molecular flexibility index (Phi) is 3.97. The maximum Gasteiger partial charge on any atom is 0.124 e. The highest BCUT2D eigenvalue weighted by Gasteiger charge is 2.05. The topological polar surface area (TPSA) is 38.9 Å². The molecule has 90 valence electrons. The first kappa shape index (κ1) is 12.3. The molecular weight excluding hydrogens is 235 g/mol. The molecule has 0 fully saturated rings. The predicted molar refractivity (Wildman–Crippen MR) is 71.5 cm³/mol. The van der Waals surface area contributed by atoms with Crippen LogP contribution in [-0.4, -0.2) is 16.8 Å². The Morgan fingerprint density at radius 1 is 1.47 bits per heavy atom. The van der Waals surface area contributed by atoms with Gasteiger partial charge in [0.05, 0.1) is 5.52 Å². The third-order valence-electron chi connectivity index (χ3n) is 2.39. The van der Waals surface area contributed by atoms with Crippen molar-refractivity contribution in [3.63, 3.8) is 0 Å². The average molecular weight is 250 g/mol. The van der Waals surface area contributed by atoms with Crippen molar-refractivity contribution in [3.05, 3.63) is 41.8 Å². The van der Waals surface area contributed by atoms with Gasteiger partial charge in [0.25, 0.3) is 0 Å². The van der Waals surface area contributed by atoms with E-state index in [2.05, 4.69) is 4.98 Å². The van der Waals surface area contributed by atoms with E-state index in [0.29, 0.717) is 0 Å². The van der Waals surface area contributed by atoms with E-state index >= 15 is 0 Å². The zero-order chi connectivity index (χ0) is 12.3. The fourth-order valence-corrected chi connectivity index (χ4v) is 2.62. The van der Waals surface area contributed by atoms with Gasteiger partial charge in [-0.3, -0.25) is 4.98 Å². The molecule has 0 aliphatic carbocycles. The predicted octanol–water partition coefficient (Wildman–Crippen LogP) is 2.95. The standard InChI is InChI=1S/C13H15FN2S/c1-9(15)7-17-8-11-6-12(14)5-10-3-2-4-16-13(10)11/h2-6,9H,7-8,15H2,1H3. The summed E-state index contributed by atoms with van der Waals surface area (Å²) in [5.41, 5.74) is 7.51. The molecule has 0 amide bonds. The van der Waals surface area contributed by atoms with E-state index in [9.17, 15) is 4.39 Å². The molecule has 0 bridgehead atoms. The number of thioether (sulfide) groups is 1. The van der Waals surface area contributed by atoms with Gasteiger partial charge in [-0.25, -0.2) is 4.39 Å². The van der Waals surface area contributed by atoms with E-state index in [1.807, 2.05) is 19.1 Å². The van der Waals surface area contributed by atoms with Gasteiger partial charge in [0.1, 0.15) is 5.82 Å². The SMILES string of the molecule is CC(N)CSCc1cc(F)cc2cccnc12. The zero-order valence-corrected chi connectivity index (χ0v) is 10.5. The number of fused-ring (bicyclic) bond motifs is 1. The normalized spacial score (nSPS) is 12.9. The Bertz CT molecular complexity index is 514. The highest BCUT2D eigenvalue weighted by atomic mass is 32.2. The first-order valence-corrected chi connectivity index (χ1v) is 6.69. The van der Waals surface area contributed by atoms with Crippen molar-refractivity contribution in [3.8, 4) is 0 Å². The van der Waals surface area contributed by atoms with Crippen molar-refractivity contribution in [1.82, 2.24) is 4.98 Å². The molecule has 0 spiro atoms. The lowest BCUT2D eigenvalue weighted by atomic mass is 10.1. The number of hydrogen-bond acceptors (Lipinski definition) is 3. The summed E-state index contributed by atoms with van der Waals surface area (Å²) >= 11 is 1.71. The number of halogens is 1. The van der Waals surface area contributed by atoms with Crippen molar-refractivity contribution in [2.24, 2.45) is 5.73 Å². The van der Waals surface area contributed by atoms with Crippen LogP contribution in [0.5, 0.6) is 0 Å². The Hall–Kier alpha value is -1.13. The molecule has 2 N–H and O–H groups in total. The molecule has 2 nitrogen and oxygen atoms in total. The highest BCUT2D eigenvalue weighted by molar-refractivity contribution is 7.98. The average Bonchev–Trinajstić information content (AvgIpc) is 2.28. The van der Waals surface area contributed by atoms with Crippen LogP contribution in [0.15, 0.2) is 30.5 Å². The lowest BCUT2D eigenvalue weighted by molar-refractivity contribution is 0.628. The fraction of sp³-hybridized carbons (Fsp3) is 0.308. The van der Waals surface area contributed by atoms with Crippen LogP contribution in [-0.2, 0) is 5.75 Å². The van der Waals surface area contributed by atoms with Gasteiger partial charge in [-0.1, -0.05) is 6.07 Å². The quantitative estimate of drug-likeness (QED) is 0.906. The summed E-state index contributed by atoms with van der Waals surface area (Å²) in [7, 11) is 0. The van der Waals surface area contributed by atoms with Crippen LogP contribution in [0.1, 0.15) is 12.5 Å². The minimum absolute atomic E-state index is 0.160. The van der Waals surface area contributed by atoms with Gasteiger partial charge in [0.15, 0.2) is 0 Å². The number of pyridine rings is 1. The largest absolute Gasteiger partial charge is 0.327 e. The molecule has 1 aromatic heterocycles. The number of aromatic nitrogens is 1. The van der Waals surface area contributed by atoms with E-state index in [0.717, 1.165) is 28.0 Å². The molecule has 1 atom stereocenters. The van der Waals surface area contributed by atoms with Crippen LogP contribution in [0.2, 0.25) is 0 Å². The summed E-state index contributed by atoms with van der Waals surface area (Å²) in [6.45, 7) is 1.97. The van der Waals surface area contributed by atoms with E-state index in [1.54, 1.807) is 24.0 Å². The molecule has 1 heterocycles. The number of hydrogen-bond donors (Lipinski definition) is 1. The number of nitrogens with zero attached hydrogens (tertiary/aromatic N) is 1. The van der Waals surface area contributed by atoms with Crippen LogP contribution in [0.25, 0.3) is 10.9 Å². The molecule has 2 rings (SSSR count). The monoisotopic (exact) mass is 250 g/mol. The first-order valence-electron chi connectivity index (χ1n) is 5.53. The molecule has 0 radical (unpaired) electrons. The van der Waals surface area contributed by atoms with Gasteiger partial charge >= 0.3 is 0 Å². The summed E-state index contributed by atoms with van der Waals surface area (Å²) in [6, 6.07) is 6.94. The molecular formula is C13H15FN2S. The number of nitrogens with two attached hydrogens (primary N) is 1. The molecule has 0 saturated heterocycles. The van der Waals surface area contributed by atoms with Crippen LogP contribution in [0.3, 0.4) is 0 Å². The Morgan fingerprint density at radius 3 is 3.06 bits per heavy atom. The Balaban J connectivity index is 2.26. The molecule has 17 heavy (non-hydrogen) atoms. The van der Waals surface area contributed by atoms with Crippen LogP contribution in [0, 0.1) is 5.82 Å². The fourth-order valence-electron chi connectivity index (χ4n) is 1.69. The van der Waals surface area contributed by atoms with Gasteiger partial charge in [-0.2, -0.15) is 11.8 Å². The van der Waals surface area contributed by atoms with Crippen molar-refractivity contribution < 1.29 is 4.39 Å². The lowest BCUT2D eigenvalue weighted by Gasteiger charge is -2.07. The van der Waals surface area contributed by atoms with Crippen molar-refractivity contribution in [1.29, 1.82) is 0 Å². The van der Waals surface area contributed by atoms with Gasteiger partial charge in [0, 0.05) is 29.1 Å². The second-order valence-corrected chi connectivity index (χ2v) is 5.16. The van der Waals surface area contributed by atoms with Crippen molar-refractivity contribution >= 4 is 22.7 Å². The molecule has 0 aliphatic heterocycles. The smallest absolute Gasteiger partial charge is 0.124 e. The van der Waals surface area contributed by atoms with Crippen LogP contribution < -0.4 is 5.73 Å². The van der Waals surface area contributed by atoms with Crippen molar-refractivity contribution in [2.75, 3.05) is 5.75 Å². The van der Waals surface area contributed by atoms with E-state index in [4.69, 9.17) is 5.73 Å². The highest BCUT2D eigenvalue weighted by Crippen LogP contribution is 2.22. The number of rotatable bonds is 4. The molecule has 0 aliphatic rings.